The molecule has 0 aliphatic carbocycles. The number of halogens is 1. The number of aromatic carboxylic acids is 1. The Morgan fingerprint density at radius 3 is 2.32 bits per heavy atom. The largest absolute Gasteiger partial charge is 0.487 e. The highest BCUT2D eigenvalue weighted by molar-refractivity contribution is 9.10. The molecule has 3 rings (SSSR count). The Morgan fingerprint density at radius 1 is 1.11 bits per heavy atom. The number of ether oxygens (including phenoxy) is 1. The quantitative estimate of drug-likeness (QED) is 0.494. The lowest BCUT2D eigenvalue weighted by Crippen LogP contribution is -2.12. The Labute approximate surface area is 173 Å². The van der Waals surface area contributed by atoms with Gasteiger partial charge < -0.3 is 9.84 Å². The van der Waals surface area contributed by atoms with Crippen molar-refractivity contribution in [1.29, 1.82) is 0 Å². The Kier molecular flexibility index (Phi) is 6.15. The normalized spacial score (nSPS) is 10.9. The number of carboxylic acids is 1. The van der Waals surface area contributed by atoms with E-state index in [0.29, 0.717) is 11.4 Å². The van der Waals surface area contributed by atoms with E-state index in [-0.39, 0.29) is 18.1 Å². The molecule has 0 aliphatic rings. The molecule has 0 radical (unpaired) electrons. The molecule has 0 spiro atoms. The number of hydrogen-bond acceptors (Lipinski definition) is 3. The third-order valence-corrected chi connectivity index (χ3v) is 4.99. The lowest BCUT2D eigenvalue weighted by molar-refractivity contribution is 0.0693. The van der Waals surface area contributed by atoms with Gasteiger partial charge in [0.15, 0.2) is 0 Å². The molecule has 0 atom stereocenters. The van der Waals surface area contributed by atoms with E-state index in [4.69, 9.17) is 9.72 Å². The third kappa shape index (κ3) is 4.60. The smallest absolute Gasteiger partial charge is 0.337 e. The summed E-state index contributed by atoms with van der Waals surface area (Å²) in [5.41, 5.74) is 4.35. The van der Waals surface area contributed by atoms with Crippen LogP contribution in [0.1, 0.15) is 47.1 Å². The Balaban J connectivity index is 2.02. The molecule has 0 bridgehead atoms. The highest BCUT2D eigenvalue weighted by Gasteiger charge is 2.20. The summed E-state index contributed by atoms with van der Waals surface area (Å²) in [6.07, 6.45) is 0. The monoisotopic (exact) mass is 439 g/mol. The number of nitrogens with zero attached hydrogens (tertiary/aromatic N) is 1. The molecule has 2 aromatic carbocycles. The van der Waals surface area contributed by atoms with Gasteiger partial charge in [-0.15, -0.1) is 0 Å². The summed E-state index contributed by atoms with van der Waals surface area (Å²) in [6.45, 7) is 6.21. The molecule has 0 saturated heterocycles. The first-order chi connectivity index (χ1) is 13.3. The van der Waals surface area contributed by atoms with E-state index >= 15 is 0 Å². The highest BCUT2D eigenvalue weighted by Crippen LogP contribution is 2.31. The molecule has 0 amide bonds. The van der Waals surface area contributed by atoms with Crippen molar-refractivity contribution in [3.63, 3.8) is 0 Å². The fourth-order valence-corrected chi connectivity index (χ4v) is 3.21. The number of hydrogen-bond donors (Lipinski definition) is 1. The first kappa shape index (κ1) is 20.1. The van der Waals surface area contributed by atoms with Gasteiger partial charge in [-0.2, -0.15) is 0 Å². The first-order valence-electron chi connectivity index (χ1n) is 9.07. The average Bonchev–Trinajstić information content (AvgIpc) is 2.67. The maximum Gasteiger partial charge on any atom is 0.337 e. The third-order valence-electron chi connectivity index (χ3n) is 4.46. The molecule has 144 valence electrons. The fourth-order valence-electron chi connectivity index (χ4n) is 2.95. The first-order valence-corrected chi connectivity index (χ1v) is 9.87. The van der Waals surface area contributed by atoms with Gasteiger partial charge >= 0.3 is 5.97 Å². The van der Waals surface area contributed by atoms with Crippen molar-refractivity contribution in [2.75, 3.05) is 0 Å². The van der Waals surface area contributed by atoms with Crippen LogP contribution < -0.4 is 4.74 Å². The van der Waals surface area contributed by atoms with E-state index in [9.17, 15) is 9.90 Å². The van der Waals surface area contributed by atoms with Gasteiger partial charge in [-0.1, -0.05) is 59.6 Å². The van der Waals surface area contributed by atoms with Crippen LogP contribution in [-0.4, -0.2) is 16.1 Å². The Bertz CT molecular complexity index is 980. The van der Waals surface area contributed by atoms with Crippen LogP contribution in [0.5, 0.6) is 5.75 Å². The van der Waals surface area contributed by atoms with Crippen LogP contribution in [0.4, 0.5) is 0 Å². The topological polar surface area (TPSA) is 59.4 Å². The number of rotatable bonds is 6. The van der Waals surface area contributed by atoms with Crippen LogP contribution in [0.25, 0.3) is 11.1 Å². The van der Waals surface area contributed by atoms with Crippen LogP contribution in [0.15, 0.2) is 59.1 Å². The van der Waals surface area contributed by atoms with Gasteiger partial charge in [0.1, 0.15) is 12.4 Å². The zero-order chi connectivity index (χ0) is 20.3. The van der Waals surface area contributed by atoms with Crippen LogP contribution in [-0.2, 0) is 6.61 Å². The van der Waals surface area contributed by atoms with Crippen LogP contribution in [0.3, 0.4) is 0 Å². The molecule has 1 heterocycles. The zero-order valence-corrected chi connectivity index (χ0v) is 17.7. The summed E-state index contributed by atoms with van der Waals surface area (Å²) in [5.74, 6) is -0.185. The maximum atomic E-state index is 11.9. The van der Waals surface area contributed by atoms with Crippen molar-refractivity contribution in [2.45, 2.75) is 33.3 Å². The predicted molar refractivity (Wildman–Crippen MR) is 114 cm³/mol. The van der Waals surface area contributed by atoms with Gasteiger partial charge in [-0.05, 0) is 48.7 Å². The second-order valence-corrected chi connectivity index (χ2v) is 7.90. The van der Waals surface area contributed by atoms with E-state index in [1.807, 2.05) is 55.5 Å². The molecule has 1 N–H and O–H groups in total. The minimum Gasteiger partial charge on any atom is -0.487 e. The Morgan fingerprint density at radius 2 is 1.75 bits per heavy atom. The van der Waals surface area contributed by atoms with Gasteiger partial charge in [-0.25, -0.2) is 4.79 Å². The van der Waals surface area contributed by atoms with Crippen molar-refractivity contribution in [3.8, 4) is 16.9 Å². The molecule has 3 aromatic rings. The molecule has 4 nitrogen and oxygen atoms in total. The minimum absolute atomic E-state index is 0.102. The maximum absolute atomic E-state index is 11.9. The molecule has 0 saturated carbocycles. The van der Waals surface area contributed by atoms with E-state index in [1.165, 1.54) is 0 Å². The molecule has 0 fully saturated rings. The predicted octanol–water partition coefficient (Wildman–Crippen LogP) is 6.22. The lowest BCUT2D eigenvalue weighted by atomic mass is 9.95. The van der Waals surface area contributed by atoms with Crippen LogP contribution in [0.2, 0.25) is 0 Å². The summed E-state index contributed by atoms with van der Waals surface area (Å²) >= 11 is 3.44. The summed E-state index contributed by atoms with van der Waals surface area (Å²) in [6, 6.07) is 17.2. The number of carbonyl (C=O) groups is 1. The molecule has 1 aromatic heterocycles. The lowest BCUT2D eigenvalue weighted by Gasteiger charge is -2.17. The summed E-state index contributed by atoms with van der Waals surface area (Å²) in [7, 11) is 0. The molecule has 28 heavy (non-hydrogen) atoms. The van der Waals surface area contributed by atoms with Crippen molar-refractivity contribution in [2.24, 2.45) is 0 Å². The van der Waals surface area contributed by atoms with Crippen molar-refractivity contribution in [3.05, 3.63) is 81.6 Å². The number of aromatic nitrogens is 1. The molecule has 5 heteroatoms. The van der Waals surface area contributed by atoms with Crippen molar-refractivity contribution < 1.29 is 14.6 Å². The van der Waals surface area contributed by atoms with E-state index in [2.05, 4.69) is 29.8 Å². The van der Waals surface area contributed by atoms with Gasteiger partial charge in [0, 0.05) is 10.0 Å². The summed E-state index contributed by atoms with van der Waals surface area (Å²) in [4.78, 5) is 16.6. The van der Waals surface area contributed by atoms with Crippen molar-refractivity contribution in [1.82, 2.24) is 4.98 Å². The Hall–Kier alpha value is -2.66. The number of carboxylic acid groups (broad SMARTS) is 1. The molecule has 0 unspecified atom stereocenters. The molecule has 0 aliphatic heterocycles. The van der Waals surface area contributed by atoms with Crippen LogP contribution >= 0.6 is 15.9 Å². The second kappa shape index (κ2) is 8.57. The summed E-state index contributed by atoms with van der Waals surface area (Å²) < 4.78 is 6.77. The van der Waals surface area contributed by atoms with Gasteiger partial charge in [0.05, 0.1) is 17.0 Å². The van der Waals surface area contributed by atoms with Crippen molar-refractivity contribution >= 4 is 21.9 Å². The minimum atomic E-state index is -1.01. The van der Waals surface area contributed by atoms with E-state index in [0.717, 1.165) is 26.9 Å². The molecular formula is C23H22BrNO3. The SMILES string of the molecule is Cc1ccc(OCc2nc(C(C)C)c(-c3ccc(Br)cc3)cc2C(=O)O)cc1. The second-order valence-electron chi connectivity index (χ2n) is 6.98. The van der Waals surface area contributed by atoms with Gasteiger partial charge in [0.2, 0.25) is 0 Å². The number of pyridine rings is 1. The standard InChI is InChI=1S/C23H22BrNO3/c1-14(2)22-19(16-6-8-17(24)9-7-16)12-20(23(26)27)21(25-22)13-28-18-10-4-15(3)5-11-18/h4-12,14H,13H2,1-3H3,(H,26,27). The van der Waals surface area contributed by atoms with Gasteiger partial charge in [0.25, 0.3) is 0 Å². The van der Waals surface area contributed by atoms with Crippen LogP contribution in [0, 0.1) is 6.92 Å². The number of benzene rings is 2. The van der Waals surface area contributed by atoms with E-state index in [1.54, 1.807) is 6.07 Å². The zero-order valence-electron chi connectivity index (χ0n) is 16.1. The fraction of sp³-hybridized carbons (Fsp3) is 0.217. The van der Waals surface area contributed by atoms with E-state index < -0.39 is 5.97 Å². The number of aryl methyl sites for hydroxylation is 1. The molecular weight excluding hydrogens is 418 g/mol. The van der Waals surface area contributed by atoms with Gasteiger partial charge in [-0.3, -0.25) is 4.98 Å². The average molecular weight is 440 g/mol. The summed E-state index contributed by atoms with van der Waals surface area (Å²) in [5, 5.41) is 9.74. The highest BCUT2D eigenvalue weighted by atomic mass is 79.9.